The first-order valence-electron chi connectivity index (χ1n) is 7.72. The van der Waals surface area contributed by atoms with Gasteiger partial charge in [-0.25, -0.2) is 0 Å². The van der Waals surface area contributed by atoms with E-state index in [0.717, 1.165) is 29.8 Å². The topological polar surface area (TPSA) is 94.0 Å². The molecule has 2 aromatic rings. The minimum absolute atomic E-state index is 0.104. The molecule has 8 heteroatoms. The lowest BCUT2D eigenvalue weighted by molar-refractivity contribution is -0.113. The first-order valence-corrected chi connectivity index (χ1v) is 10.1. The van der Waals surface area contributed by atoms with Crippen molar-refractivity contribution >= 4 is 35.1 Å². The Bertz CT molecular complexity index is 663. The number of nitrogens with zero attached hydrogens (tertiary/aromatic N) is 2. The smallest absolute Gasteiger partial charge is 0.277 e. The summed E-state index contributed by atoms with van der Waals surface area (Å²) in [5.74, 6) is 1.46. The number of hydrogen-bond acceptors (Lipinski definition) is 7. The number of anilines is 1. The number of hydrogen-bond donors (Lipinski definition) is 2. The Labute approximate surface area is 150 Å². The van der Waals surface area contributed by atoms with E-state index in [2.05, 4.69) is 22.4 Å². The molecule has 1 amide bonds. The quantitative estimate of drug-likeness (QED) is 0.658. The van der Waals surface area contributed by atoms with Crippen molar-refractivity contribution in [3.63, 3.8) is 0 Å². The summed E-state index contributed by atoms with van der Waals surface area (Å²) >= 11 is 2.93. The number of aryl methyl sites for hydroxylation is 1. The molecule has 130 valence electrons. The maximum Gasteiger partial charge on any atom is 0.277 e. The average molecular weight is 367 g/mol. The van der Waals surface area contributed by atoms with E-state index in [1.165, 1.54) is 11.8 Å². The van der Waals surface area contributed by atoms with E-state index in [-0.39, 0.29) is 17.7 Å². The number of rotatable bonds is 9. The second-order valence-electron chi connectivity index (χ2n) is 5.14. The van der Waals surface area contributed by atoms with Crippen LogP contribution in [0.2, 0.25) is 0 Å². The van der Waals surface area contributed by atoms with Crippen molar-refractivity contribution in [1.29, 1.82) is 0 Å². The highest BCUT2D eigenvalue weighted by atomic mass is 32.2. The van der Waals surface area contributed by atoms with Gasteiger partial charge in [0.15, 0.2) is 0 Å². The van der Waals surface area contributed by atoms with Crippen molar-refractivity contribution in [3.8, 4) is 0 Å². The lowest BCUT2D eigenvalue weighted by Crippen LogP contribution is -2.15. The zero-order chi connectivity index (χ0) is 17.4. The number of carbonyl (C=O) groups is 1. The van der Waals surface area contributed by atoms with Gasteiger partial charge in [-0.1, -0.05) is 36.9 Å². The largest absolute Gasteiger partial charge is 0.414 e. The number of nitrogens with one attached hydrogen (secondary N) is 1. The van der Waals surface area contributed by atoms with Gasteiger partial charge in [0.05, 0.1) is 11.8 Å². The lowest BCUT2D eigenvalue weighted by atomic mass is 10.1. The molecule has 6 nitrogen and oxygen atoms in total. The normalized spacial score (nSPS) is 12.1. The summed E-state index contributed by atoms with van der Waals surface area (Å²) in [7, 11) is 0. The maximum atomic E-state index is 12.1. The molecule has 0 saturated heterocycles. The maximum absolute atomic E-state index is 12.1. The van der Waals surface area contributed by atoms with Gasteiger partial charge in [0.25, 0.3) is 5.22 Å². The van der Waals surface area contributed by atoms with E-state index in [9.17, 15) is 4.79 Å². The molecule has 24 heavy (non-hydrogen) atoms. The monoisotopic (exact) mass is 366 g/mol. The summed E-state index contributed by atoms with van der Waals surface area (Å²) in [4.78, 5) is 12.1. The molecule has 0 spiro atoms. The van der Waals surface area contributed by atoms with E-state index in [4.69, 9.17) is 10.2 Å². The van der Waals surface area contributed by atoms with Crippen LogP contribution in [0.5, 0.6) is 0 Å². The van der Waals surface area contributed by atoms with Crippen molar-refractivity contribution in [2.24, 2.45) is 5.73 Å². The van der Waals surface area contributed by atoms with E-state index < -0.39 is 0 Å². The van der Waals surface area contributed by atoms with Crippen LogP contribution in [0, 0.1) is 0 Å². The summed E-state index contributed by atoms with van der Waals surface area (Å²) in [5.41, 5.74) is 7.94. The Morgan fingerprint density at radius 3 is 2.92 bits per heavy atom. The SMILES string of the molecule is CCc1ccccc1NC(=O)CSc1nnc(C(N)CCSC)o1. The molecule has 3 N–H and O–H groups in total. The Morgan fingerprint density at radius 2 is 2.17 bits per heavy atom. The van der Waals surface area contributed by atoms with Crippen LogP contribution in [-0.2, 0) is 11.2 Å². The van der Waals surface area contributed by atoms with Gasteiger partial charge < -0.3 is 15.5 Å². The van der Waals surface area contributed by atoms with Gasteiger partial charge >= 0.3 is 0 Å². The van der Waals surface area contributed by atoms with Gasteiger partial charge in [0.2, 0.25) is 11.8 Å². The van der Waals surface area contributed by atoms with Crippen LogP contribution in [0.15, 0.2) is 33.9 Å². The van der Waals surface area contributed by atoms with Crippen molar-refractivity contribution < 1.29 is 9.21 Å². The molecule has 0 fully saturated rings. The Hall–Kier alpha value is -1.51. The second kappa shape index (κ2) is 9.71. The summed E-state index contributed by atoms with van der Waals surface area (Å²) in [6, 6.07) is 7.51. The highest BCUT2D eigenvalue weighted by Gasteiger charge is 2.15. The number of carbonyl (C=O) groups excluding carboxylic acids is 1. The van der Waals surface area contributed by atoms with Crippen LogP contribution in [0.3, 0.4) is 0 Å². The van der Waals surface area contributed by atoms with Crippen LogP contribution >= 0.6 is 23.5 Å². The molecule has 0 radical (unpaired) electrons. The van der Waals surface area contributed by atoms with Crippen molar-refractivity contribution in [3.05, 3.63) is 35.7 Å². The summed E-state index contributed by atoms with van der Waals surface area (Å²) < 4.78 is 5.51. The van der Waals surface area contributed by atoms with Crippen molar-refractivity contribution in [1.82, 2.24) is 10.2 Å². The molecular weight excluding hydrogens is 344 g/mol. The van der Waals surface area contributed by atoms with Crippen LogP contribution in [0.4, 0.5) is 5.69 Å². The fourth-order valence-corrected chi connectivity index (χ4v) is 3.12. The molecule has 0 saturated carbocycles. The third-order valence-electron chi connectivity index (χ3n) is 3.37. The third-order valence-corrected chi connectivity index (χ3v) is 4.83. The first-order chi connectivity index (χ1) is 11.6. The van der Waals surface area contributed by atoms with Gasteiger partial charge in [-0.2, -0.15) is 11.8 Å². The van der Waals surface area contributed by atoms with Crippen LogP contribution in [0.1, 0.15) is 30.8 Å². The highest BCUT2D eigenvalue weighted by molar-refractivity contribution is 7.99. The van der Waals surface area contributed by atoms with Crippen LogP contribution in [-0.4, -0.2) is 33.9 Å². The molecule has 0 aliphatic carbocycles. The highest BCUT2D eigenvalue weighted by Crippen LogP contribution is 2.22. The molecular formula is C16H22N4O2S2. The van der Waals surface area contributed by atoms with Gasteiger partial charge in [0, 0.05) is 5.69 Å². The zero-order valence-electron chi connectivity index (χ0n) is 13.8. The van der Waals surface area contributed by atoms with E-state index >= 15 is 0 Å². The summed E-state index contributed by atoms with van der Waals surface area (Å²) in [6.07, 6.45) is 3.67. The molecule has 1 aromatic heterocycles. The van der Waals surface area contributed by atoms with Crippen LogP contribution < -0.4 is 11.1 Å². The molecule has 0 aliphatic heterocycles. The number of thioether (sulfide) groups is 2. The first kappa shape index (κ1) is 18.8. The van der Waals surface area contributed by atoms with Crippen molar-refractivity contribution in [2.75, 3.05) is 23.1 Å². The number of nitrogens with two attached hydrogens (primary N) is 1. The Balaban J connectivity index is 1.85. The molecule has 0 aliphatic rings. The third kappa shape index (κ3) is 5.54. The number of benzene rings is 1. The lowest BCUT2D eigenvalue weighted by Gasteiger charge is -2.08. The Morgan fingerprint density at radius 1 is 1.38 bits per heavy atom. The van der Waals surface area contributed by atoms with Gasteiger partial charge in [-0.3, -0.25) is 4.79 Å². The fraction of sp³-hybridized carbons (Fsp3) is 0.438. The number of amides is 1. The van der Waals surface area contributed by atoms with E-state index in [1.807, 2.05) is 30.5 Å². The molecule has 0 bridgehead atoms. The minimum Gasteiger partial charge on any atom is -0.414 e. The molecule has 1 aromatic carbocycles. The standard InChI is InChI=1S/C16H22N4O2S2/c1-3-11-6-4-5-7-13(11)18-14(21)10-24-16-20-19-15(22-16)12(17)8-9-23-2/h4-7,12H,3,8-10,17H2,1-2H3,(H,18,21). The number of para-hydroxylation sites is 1. The summed E-state index contributed by atoms with van der Waals surface area (Å²) in [6.45, 7) is 2.06. The number of aromatic nitrogens is 2. The predicted octanol–water partition coefficient (Wildman–Crippen LogP) is 3.12. The van der Waals surface area contributed by atoms with Gasteiger partial charge in [-0.05, 0) is 36.5 Å². The van der Waals surface area contributed by atoms with Gasteiger partial charge in [0.1, 0.15) is 0 Å². The molecule has 2 rings (SSSR count). The molecule has 1 unspecified atom stereocenters. The van der Waals surface area contributed by atoms with E-state index in [1.54, 1.807) is 11.8 Å². The fourth-order valence-electron chi connectivity index (χ4n) is 2.06. The molecule has 1 heterocycles. The second-order valence-corrected chi connectivity index (χ2v) is 7.05. The van der Waals surface area contributed by atoms with Gasteiger partial charge in [-0.15, -0.1) is 10.2 Å². The minimum atomic E-state index is -0.260. The van der Waals surface area contributed by atoms with Crippen LogP contribution in [0.25, 0.3) is 0 Å². The van der Waals surface area contributed by atoms with Crippen molar-refractivity contribution in [2.45, 2.75) is 31.0 Å². The predicted molar refractivity (Wildman–Crippen MR) is 99.4 cm³/mol. The molecule has 1 atom stereocenters. The summed E-state index contributed by atoms with van der Waals surface area (Å²) in [5, 5.41) is 11.2. The average Bonchev–Trinajstić information content (AvgIpc) is 3.07. The Kier molecular flexibility index (Phi) is 7.61. The zero-order valence-corrected chi connectivity index (χ0v) is 15.5. The van der Waals surface area contributed by atoms with E-state index in [0.29, 0.717) is 11.1 Å².